The minimum atomic E-state index is -0.478. The van der Waals surface area contributed by atoms with Gasteiger partial charge in [0.1, 0.15) is 0 Å². The van der Waals surface area contributed by atoms with Crippen LogP contribution in [0.1, 0.15) is 5.56 Å². The highest BCUT2D eigenvalue weighted by atomic mass is 79.9. The smallest absolute Gasteiger partial charge is 0.0843 e. The molecular weight excluding hydrogens is 436 g/mol. The molecule has 4 aromatic rings. The lowest BCUT2D eigenvalue weighted by molar-refractivity contribution is 0.154. The van der Waals surface area contributed by atoms with Gasteiger partial charge in [-0.05, 0) is 54.9 Å². The fraction of sp³-hybridized carbons (Fsp3) is 0.217. The SMILES string of the molecule is O[C@H](CNCCc1ccccc1)Cn1c2ccc(Cl)cc2c2cc(Br)ccc21. The number of nitrogens with one attached hydrogen (secondary N) is 1. The van der Waals surface area contributed by atoms with Crippen LogP contribution in [0.15, 0.2) is 71.2 Å². The van der Waals surface area contributed by atoms with E-state index in [1.807, 2.05) is 30.3 Å². The van der Waals surface area contributed by atoms with E-state index in [1.54, 1.807) is 0 Å². The van der Waals surface area contributed by atoms with Gasteiger partial charge in [0.15, 0.2) is 0 Å². The number of hydrogen-bond donors (Lipinski definition) is 2. The van der Waals surface area contributed by atoms with Crippen LogP contribution < -0.4 is 5.32 Å². The fourth-order valence-corrected chi connectivity index (χ4v) is 4.20. The summed E-state index contributed by atoms with van der Waals surface area (Å²) in [6, 6.07) is 22.5. The Kier molecular flexibility index (Phi) is 6.02. The van der Waals surface area contributed by atoms with E-state index in [0.29, 0.717) is 13.1 Å². The van der Waals surface area contributed by atoms with E-state index in [-0.39, 0.29) is 0 Å². The number of benzene rings is 3. The Morgan fingerprint density at radius 1 is 0.964 bits per heavy atom. The molecule has 1 heterocycles. The number of rotatable bonds is 7. The highest BCUT2D eigenvalue weighted by Gasteiger charge is 2.14. The van der Waals surface area contributed by atoms with E-state index >= 15 is 0 Å². The van der Waals surface area contributed by atoms with Crippen LogP contribution in [0.2, 0.25) is 5.02 Å². The molecule has 28 heavy (non-hydrogen) atoms. The topological polar surface area (TPSA) is 37.2 Å². The third-order valence-electron chi connectivity index (χ3n) is 5.00. The molecule has 144 valence electrons. The standard InChI is InChI=1S/C23H22BrClN2O/c24-17-6-8-22-20(12-17)21-13-18(25)7-9-23(21)27(22)15-19(28)14-26-11-10-16-4-2-1-3-5-16/h1-9,12-13,19,26,28H,10-11,14-15H2/t19-/m1/s1. The molecule has 2 N–H and O–H groups in total. The van der Waals surface area contributed by atoms with E-state index in [4.69, 9.17) is 11.6 Å². The normalized spacial score (nSPS) is 12.7. The molecule has 3 nitrogen and oxygen atoms in total. The average Bonchev–Trinajstić information content (AvgIpc) is 2.98. The van der Waals surface area contributed by atoms with Crippen LogP contribution in [0, 0.1) is 0 Å². The molecule has 5 heteroatoms. The molecule has 0 saturated carbocycles. The number of aliphatic hydroxyl groups excluding tert-OH is 1. The van der Waals surface area contributed by atoms with Crippen molar-refractivity contribution in [2.45, 2.75) is 19.1 Å². The predicted molar refractivity (Wildman–Crippen MR) is 121 cm³/mol. The Morgan fingerprint density at radius 3 is 2.46 bits per heavy atom. The average molecular weight is 458 g/mol. The second-order valence-electron chi connectivity index (χ2n) is 7.03. The quantitative estimate of drug-likeness (QED) is 0.364. The molecule has 0 radical (unpaired) electrons. The van der Waals surface area contributed by atoms with Gasteiger partial charge in [-0.3, -0.25) is 0 Å². The number of hydrogen-bond acceptors (Lipinski definition) is 2. The molecule has 0 spiro atoms. The Hall–Kier alpha value is -1.85. The van der Waals surface area contributed by atoms with Gasteiger partial charge in [-0.1, -0.05) is 57.9 Å². The van der Waals surface area contributed by atoms with Crippen molar-refractivity contribution in [2.75, 3.05) is 13.1 Å². The van der Waals surface area contributed by atoms with Crippen molar-refractivity contribution in [1.82, 2.24) is 9.88 Å². The van der Waals surface area contributed by atoms with Gasteiger partial charge in [0.25, 0.3) is 0 Å². The van der Waals surface area contributed by atoms with Gasteiger partial charge in [0.2, 0.25) is 0 Å². The summed E-state index contributed by atoms with van der Waals surface area (Å²) in [6.45, 7) is 1.93. The summed E-state index contributed by atoms with van der Waals surface area (Å²) in [5.74, 6) is 0. The van der Waals surface area contributed by atoms with Crippen molar-refractivity contribution in [1.29, 1.82) is 0 Å². The summed E-state index contributed by atoms with van der Waals surface area (Å²) < 4.78 is 3.21. The summed E-state index contributed by atoms with van der Waals surface area (Å²) >= 11 is 9.78. The predicted octanol–water partition coefficient (Wildman–Crippen LogP) is 5.40. The Morgan fingerprint density at radius 2 is 1.68 bits per heavy atom. The lowest BCUT2D eigenvalue weighted by Crippen LogP contribution is -2.31. The van der Waals surface area contributed by atoms with Gasteiger partial charge in [0, 0.05) is 37.8 Å². The van der Waals surface area contributed by atoms with E-state index in [2.05, 4.69) is 62.2 Å². The maximum absolute atomic E-state index is 10.6. The number of fused-ring (bicyclic) bond motifs is 3. The molecule has 0 aliphatic heterocycles. The Balaban J connectivity index is 1.49. The Bertz CT molecular complexity index is 1030. The lowest BCUT2D eigenvalue weighted by Gasteiger charge is -2.15. The lowest BCUT2D eigenvalue weighted by atomic mass is 10.1. The van der Waals surface area contributed by atoms with E-state index in [0.717, 1.165) is 44.3 Å². The molecule has 0 fully saturated rings. The van der Waals surface area contributed by atoms with E-state index in [1.165, 1.54) is 5.56 Å². The van der Waals surface area contributed by atoms with Crippen molar-refractivity contribution in [3.05, 3.63) is 81.8 Å². The highest BCUT2D eigenvalue weighted by molar-refractivity contribution is 9.10. The van der Waals surface area contributed by atoms with Crippen LogP contribution in [-0.2, 0) is 13.0 Å². The monoisotopic (exact) mass is 456 g/mol. The van der Waals surface area contributed by atoms with Crippen molar-refractivity contribution in [3.63, 3.8) is 0 Å². The molecule has 1 aromatic heterocycles. The van der Waals surface area contributed by atoms with E-state index in [9.17, 15) is 5.11 Å². The highest BCUT2D eigenvalue weighted by Crippen LogP contribution is 2.33. The van der Waals surface area contributed by atoms with Crippen LogP contribution in [0.5, 0.6) is 0 Å². The number of nitrogens with zero attached hydrogens (tertiary/aromatic N) is 1. The Labute approximate surface area is 178 Å². The first-order valence-corrected chi connectivity index (χ1v) is 10.6. The summed E-state index contributed by atoms with van der Waals surface area (Å²) in [5, 5.41) is 17.0. The number of aromatic nitrogens is 1. The first-order valence-electron chi connectivity index (χ1n) is 9.41. The number of halogens is 2. The molecule has 4 rings (SSSR count). The van der Waals surface area contributed by atoms with Crippen LogP contribution in [0.4, 0.5) is 0 Å². The minimum absolute atomic E-state index is 0.478. The zero-order valence-corrected chi connectivity index (χ0v) is 17.7. The van der Waals surface area contributed by atoms with Crippen LogP contribution in [0.3, 0.4) is 0 Å². The summed E-state index contributed by atoms with van der Waals surface area (Å²) in [6.07, 6.45) is 0.476. The van der Waals surface area contributed by atoms with Gasteiger partial charge in [-0.2, -0.15) is 0 Å². The maximum Gasteiger partial charge on any atom is 0.0843 e. The molecule has 0 bridgehead atoms. The maximum atomic E-state index is 10.6. The number of aliphatic hydroxyl groups is 1. The molecule has 1 atom stereocenters. The summed E-state index contributed by atoms with van der Waals surface area (Å²) in [4.78, 5) is 0. The molecule has 0 unspecified atom stereocenters. The van der Waals surface area contributed by atoms with Crippen molar-refractivity contribution in [3.8, 4) is 0 Å². The van der Waals surface area contributed by atoms with Crippen molar-refractivity contribution >= 4 is 49.3 Å². The third kappa shape index (κ3) is 4.26. The van der Waals surface area contributed by atoms with Crippen molar-refractivity contribution in [2.24, 2.45) is 0 Å². The van der Waals surface area contributed by atoms with Crippen LogP contribution >= 0.6 is 27.5 Å². The van der Waals surface area contributed by atoms with Crippen LogP contribution in [0.25, 0.3) is 21.8 Å². The first kappa shape index (κ1) is 19.5. The van der Waals surface area contributed by atoms with Gasteiger partial charge >= 0.3 is 0 Å². The summed E-state index contributed by atoms with van der Waals surface area (Å²) in [5.41, 5.74) is 3.49. The molecule has 0 saturated heterocycles. The molecule has 3 aromatic carbocycles. The van der Waals surface area contributed by atoms with Gasteiger partial charge in [-0.15, -0.1) is 0 Å². The van der Waals surface area contributed by atoms with Crippen molar-refractivity contribution < 1.29 is 5.11 Å². The first-order chi connectivity index (χ1) is 13.6. The molecule has 0 aliphatic carbocycles. The third-order valence-corrected chi connectivity index (χ3v) is 5.72. The van der Waals surface area contributed by atoms with Gasteiger partial charge in [-0.25, -0.2) is 0 Å². The fourth-order valence-electron chi connectivity index (χ4n) is 3.67. The van der Waals surface area contributed by atoms with E-state index < -0.39 is 6.10 Å². The summed E-state index contributed by atoms with van der Waals surface area (Å²) in [7, 11) is 0. The second kappa shape index (κ2) is 8.66. The van der Waals surface area contributed by atoms with Crippen LogP contribution in [-0.4, -0.2) is 28.9 Å². The molecular formula is C23H22BrClN2O. The second-order valence-corrected chi connectivity index (χ2v) is 8.38. The minimum Gasteiger partial charge on any atom is -0.390 e. The van der Waals surface area contributed by atoms with Gasteiger partial charge in [0.05, 0.1) is 12.6 Å². The zero-order chi connectivity index (χ0) is 19.5. The van der Waals surface area contributed by atoms with Gasteiger partial charge < -0.3 is 15.0 Å². The largest absolute Gasteiger partial charge is 0.390 e. The molecule has 0 aliphatic rings. The zero-order valence-electron chi connectivity index (χ0n) is 15.4. The molecule has 0 amide bonds.